The van der Waals surface area contributed by atoms with Gasteiger partial charge in [0.05, 0.1) is 6.04 Å². The van der Waals surface area contributed by atoms with Gasteiger partial charge < -0.3 is 10.4 Å². The minimum absolute atomic E-state index is 0.0793. The topological polar surface area (TPSA) is 49.3 Å². The lowest BCUT2D eigenvalue weighted by molar-refractivity contribution is -0.119. The van der Waals surface area contributed by atoms with E-state index in [0.717, 1.165) is 11.1 Å². The summed E-state index contributed by atoms with van der Waals surface area (Å²) in [5.41, 5.74) is 1.96. The maximum absolute atomic E-state index is 11.6. The molecule has 0 saturated carbocycles. The van der Waals surface area contributed by atoms with Gasteiger partial charge in [-0.1, -0.05) is 42.5 Å². The van der Waals surface area contributed by atoms with Crippen LogP contribution < -0.4 is 5.32 Å². The number of benzene rings is 2. The smallest absolute Gasteiger partial charge is 0.235 e. The Kier molecular flexibility index (Phi) is 5.02. The number of aromatic hydroxyl groups is 1. The van der Waals surface area contributed by atoms with Gasteiger partial charge in [0.2, 0.25) is 5.91 Å². The lowest BCUT2D eigenvalue weighted by Crippen LogP contribution is -2.30. The third-order valence-corrected chi connectivity index (χ3v) is 3.25. The molecule has 2 rings (SSSR count). The second-order valence-corrected chi connectivity index (χ2v) is 4.81. The molecule has 20 heavy (non-hydrogen) atoms. The van der Waals surface area contributed by atoms with E-state index < -0.39 is 0 Å². The van der Waals surface area contributed by atoms with E-state index in [9.17, 15) is 9.90 Å². The SMILES string of the molecule is O=C(CCl)NC(Cc1ccccc1)c1cccc(O)c1. The van der Waals surface area contributed by atoms with Crippen LogP contribution >= 0.6 is 11.6 Å². The average Bonchev–Trinajstić information content (AvgIpc) is 2.47. The zero-order valence-electron chi connectivity index (χ0n) is 10.9. The van der Waals surface area contributed by atoms with Crippen molar-refractivity contribution in [3.05, 3.63) is 65.7 Å². The molecule has 0 radical (unpaired) electrons. The van der Waals surface area contributed by atoms with Crippen molar-refractivity contribution < 1.29 is 9.90 Å². The lowest BCUT2D eigenvalue weighted by atomic mass is 9.98. The molecule has 0 bridgehead atoms. The molecule has 0 aromatic heterocycles. The zero-order chi connectivity index (χ0) is 14.4. The summed E-state index contributed by atoms with van der Waals surface area (Å²) in [6, 6.07) is 16.5. The van der Waals surface area contributed by atoms with Crippen LogP contribution in [0.15, 0.2) is 54.6 Å². The molecule has 2 aromatic carbocycles. The number of hydrogen-bond donors (Lipinski definition) is 2. The predicted octanol–water partition coefficient (Wildman–Crippen LogP) is 3.03. The standard InChI is InChI=1S/C16H16ClNO2/c17-11-16(20)18-15(9-12-5-2-1-3-6-12)13-7-4-8-14(19)10-13/h1-8,10,15,19H,9,11H2,(H,18,20). The molecule has 2 N–H and O–H groups in total. The number of alkyl halides is 1. The third kappa shape index (κ3) is 4.00. The molecular formula is C16H16ClNO2. The Balaban J connectivity index is 2.22. The quantitative estimate of drug-likeness (QED) is 0.831. The summed E-state index contributed by atoms with van der Waals surface area (Å²) in [4.78, 5) is 11.6. The number of phenolic OH excluding ortho intramolecular Hbond substituents is 1. The second-order valence-electron chi connectivity index (χ2n) is 4.54. The van der Waals surface area contributed by atoms with Gasteiger partial charge in [-0.2, -0.15) is 0 Å². The first-order valence-corrected chi connectivity index (χ1v) is 6.90. The number of carbonyl (C=O) groups is 1. The van der Waals surface area contributed by atoms with Crippen molar-refractivity contribution in [2.45, 2.75) is 12.5 Å². The fourth-order valence-corrected chi connectivity index (χ4v) is 2.15. The van der Waals surface area contributed by atoms with Crippen molar-refractivity contribution in [1.29, 1.82) is 0 Å². The number of rotatable bonds is 5. The van der Waals surface area contributed by atoms with Crippen molar-refractivity contribution in [1.82, 2.24) is 5.32 Å². The van der Waals surface area contributed by atoms with Crippen molar-refractivity contribution in [3.8, 4) is 5.75 Å². The Morgan fingerprint density at radius 2 is 1.90 bits per heavy atom. The molecule has 0 aliphatic rings. The highest BCUT2D eigenvalue weighted by Crippen LogP contribution is 2.22. The van der Waals surface area contributed by atoms with Crippen LogP contribution in [-0.2, 0) is 11.2 Å². The molecule has 104 valence electrons. The van der Waals surface area contributed by atoms with Gasteiger partial charge in [0, 0.05) is 0 Å². The van der Waals surface area contributed by atoms with Gasteiger partial charge >= 0.3 is 0 Å². The van der Waals surface area contributed by atoms with Crippen molar-refractivity contribution in [2.75, 3.05) is 5.88 Å². The molecule has 0 heterocycles. The highest BCUT2D eigenvalue weighted by atomic mass is 35.5. The van der Waals surface area contributed by atoms with Gasteiger partial charge in [-0.25, -0.2) is 0 Å². The molecule has 1 atom stereocenters. The van der Waals surface area contributed by atoms with E-state index in [2.05, 4.69) is 5.32 Å². The van der Waals surface area contributed by atoms with Crippen molar-refractivity contribution in [2.24, 2.45) is 0 Å². The molecule has 1 unspecified atom stereocenters. The highest BCUT2D eigenvalue weighted by Gasteiger charge is 2.15. The van der Waals surface area contributed by atoms with Crippen molar-refractivity contribution >= 4 is 17.5 Å². The number of halogens is 1. The summed E-state index contributed by atoms with van der Waals surface area (Å²) in [5, 5.41) is 12.5. The van der Waals surface area contributed by atoms with Gasteiger partial charge in [0.25, 0.3) is 0 Å². The van der Waals surface area contributed by atoms with Crippen LogP contribution in [0.3, 0.4) is 0 Å². The Bertz CT molecular complexity index is 572. The number of amides is 1. The van der Waals surface area contributed by atoms with E-state index in [0.29, 0.717) is 6.42 Å². The number of hydrogen-bond acceptors (Lipinski definition) is 2. The lowest BCUT2D eigenvalue weighted by Gasteiger charge is -2.19. The van der Waals surface area contributed by atoms with Crippen molar-refractivity contribution in [3.63, 3.8) is 0 Å². The predicted molar refractivity (Wildman–Crippen MR) is 79.9 cm³/mol. The maximum Gasteiger partial charge on any atom is 0.235 e. The van der Waals surface area contributed by atoms with E-state index in [1.54, 1.807) is 18.2 Å². The monoisotopic (exact) mass is 289 g/mol. The molecule has 1 amide bonds. The normalized spacial score (nSPS) is 11.8. The van der Waals surface area contributed by atoms with Crippen LogP contribution in [0.25, 0.3) is 0 Å². The molecule has 0 aliphatic carbocycles. The Morgan fingerprint density at radius 1 is 1.15 bits per heavy atom. The molecule has 0 saturated heterocycles. The Morgan fingerprint density at radius 3 is 2.55 bits per heavy atom. The van der Waals surface area contributed by atoms with Crippen LogP contribution in [0.5, 0.6) is 5.75 Å². The number of phenols is 1. The minimum atomic E-state index is -0.226. The van der Waals surface area contributed by atoms with E-state index in [-0.39, 0.29) is 23.6 Å². The number of nitrogens with one attached hydrogen (secondary N) is 1. The highest BCUT2D eigenvalue weighted by molar-refractivity contribution is 6.27. The van der Waals surface area contributed by atoms with Gasteiger partial charge in [-0.05, 0) is 29.7 Å². The van der Waals surface area contributed by atoms with Crippen LogP contribution in [0, 0.1) is 0 Å². The summed E-state index contributed by atoms with van der Waals surface area (Å²) < 4.78 is 0. The fourth-order valence-electron chi connectivity index (χ4n) is 2.08. The molecular weight excluding hydrogens is 274 g/mol. The van der Waals surface area contributed by atoms with E-state index in [4.69, 9.17) is 11.6 Å². The summed E-state index contributed by atoms with van der Waals surface area (Å²) in [5.74, 6) is -0.124. The average molecular weight is 290 g/mol. The molecule has 2 aromatic rings. The minimum Gasteiger partial charge on any atom is -0.508 e. The third-order valence-electron chi connectivity index (χ3n) is 3.01. The van der Waals surface area contributed by atoms with Crippen LogP contribution in [0.4, 0.5) is 0 Å². The summed E-state index contributed by atoms with van der Waals surface area (Å²) >= 11 is 5.56. The summed E-state index contributed by atoms with van der Waals surface area (Å²) in [7, 11) is 0. The van der Waals surface area contributed by atoms with Gasteiger partial charge in [-0.3, -0.25) is 4.79 Å². The first kappa shape index (κ1) is 14.4. The van der Waals surface area contributed by atoms with E-state index in [1.165, 1.54) is 0 Å². The Labute approximate surface area is 123 Å². The molecule has 0 spiro atoms. The van der Waals surface area contributed by atoms with E-state index in [1.807, 2.05) is 36.4 Å². The van der Waals surface area contributed by atoms with Gasteiger partial charge in [0.1, 0.15) is 11.6 Å². The maximum atomic E-state index is 11.6. The van der Waals surface area contributed by atoms with Crippen LogP contribution in [0.1, 0.15) is 17.2 Å². The molecule has 4 heteroatoms. The Hall–Kier alpha value is -2.00. The van der Waals surface area contributed by atoms with Crippen LogP contribution in [0.2, 0.25) is 0 Å². The fraction of sp³-hybridized carbons (Fsp3) is 0.188. The molecule has 0 aliphatic heterocycles. The zero-order valence-corrected chi connectivity index (χ0v) is 11.7. The van der Waals surface area contributed by atoms with E-state index >= 15 is 0 Å². The van der Waals surface area contributed by atoms with Gasteiger partial charge in [-0.15, -0.1) is 11.6 Å². The van der Waals surface area contributed by atoms with Gasteiger partial charge in [0.15, 0.2) is 0 Å². The summed E-state index contributed by atoms with van der Waals surface area (Å²) in [6.45, 7) is 0. The van der Waals surface area contributed by atoms with Crippen LogP contribution in [-0.4, -0.2) is 16.9 Å². The molecule has 3 nitrogen and oxygen atoms in total. The second kappa shape index (κ2) is 6.96. The molecule has 0 fully saturated rings. The number of carbonyl (C=O) groups excluding carboxylic acids is 1. The largest absolute Gasteiger partial charge is 0.508 e. The first-order chi connectivity index (χ1) is 9.69. The first-order valence-electron chi connectivity index (χ1n) is 6.37. The summed E-state index contributed by atoms with van der Waals surface area (Å²) in [6.07, 6.45) is 0.646.